The van der Waals surface area contributed by atoms with E-state index in [1.54, 1.807) is 12.1 Å². The number of nitro benzene ring substituents is 1. The molecule has 1 fully saturated rings. The summed E-state index contributed by atoms with van der Waals surface area (Å²) in [5.41, 5.74) is 1.67. The standard InChI is InChI=1S/C19H21N3O3/c23-19(21-16-8-4-5-9-16)15-10-11-17(18(12-15)22(24)25)20-13-14-6-2-1-3-7-14/h1-3,6-7,10-12,16,20H,4-5,8-9,13H2,(H,21,23). The van der Waals surface area contributed by atoms with E-state index in [4.69, 9.17) is 0 Å². The van der Waals surface area contributed by atoms with Crippen molar-refractivity contribution in [2.75, 3.05) is 5.32 Å². The van der Waals surface area contributed by atoms with Crippen molar-refractivity contribution in [2.24, 2.45) is 0 Å². The minimum absolute atomic E-state index is 0.0880. The van der Waals surface area contributed by atoms with Gasteiger partial charge in [0.25, 0.3) is 11.6 Å². The second kappa shape index (κ2) is 7.79. The summed E-state index contributed by atoms with van der Waals surface area (Å²) in [6.07, 6.45) is 4.19. The van der Waals surface area contributed by atoms with Gasteiger partial charge in [0.15, 0.2) is 0 Å². The zero-order valence-corrected chi connectivity index (χ0v) is 13.9. The van der Waals surface area contributed by atoms with Crippen LogP contribution >= 0.6 is 0 Å². The van der Waals surface area contributed by atoms with E-state index < -0.39 is 4.92 Å². The largest absolute Gasteiger partial charge is 0.375 e. The third-order valence-electron chi connectivity index (χ3n) is 4.47. The number of hydrogen-bond donors (Lipinski definition) is 2. The van der Waals surface area contributed by atoms with Gasteiger partial charge in [-0.25, -0.2) is 0 Å². The molecule has 0 saturated heterocycles. The predicted octanol–water partition coefficient (Wildman–Crippen LogP) is 3.88. The topological polar surface area (TPSA) is 84.3 Å². The summed E-state index contributed by atoms with van der Waals surface area (Å²) in [5.74, 6) is -0.246. The smallest absolute Gasteiger partial charge is 0.293 e. The molecule has 130 valence electrons. The van der Waals surface area contributed by atoms with Crippen molar-refractivity contribution in [1.82, 2.24) is 5.32 Å². The van der Waals surface area contributed by atoms with Crippen molar-refractivity contribution < 1.29 is 9.72 Å². The van der Waals surface area contributed by atoms with Gasteiger partial charge in [-0.05, 0) is 30.5 Å². The van der Waals surface area contributed by atoms with Crippen LogP contribution in [0, 0.1) is 10.1 Å². The van der Waals surface area contributed by atoms with Crippen LogP contribution < -0.4 is 10.6 Å². The van der Waals surface area contributed by atoms with Gasteiger partial charge in [0.1, 0.15) is 5.69 Å². The van der Waals surface area contributed by atoms with Crippen molar-refractivity contribution in [3.05, 3.63) is 69.8 Å². The van der Waals surface area contributed by atoms with E-state index in [1.807, 2.05) is 30.3 Å². The Labute approximate surface area is 146 Å². The molecule has 0 bridgehead atoms. The minimum atomic E-state index is -0.459. The number of nitro groups is 1. The fourth-order valence-electron chi connectivity index (χ4n) is 3.11. The van der Waals surface area contributed by atoms with Gasteiger partial charge in [-0.2, -0.15) is 0 Å². The Morgan fingerprint density at radius 1 is 1.12 bits per heavy atom. The third-order valence-corrected chi connectivity index (χ3v) is 4.47. The first-order chi connectivity index (χ1) is 12.1. The SMILES string of the molecule is O=C(NC1CCCC1)c1ccc(NCc2ccccc2)c([N+](=O)[O-])c1. The molecule has 3 rings (SSSR count). The van der Waals surface area contributed by atoms with Crippen LogP contribution in [0.15, 0.2) is 48.5 Å². The number of carbonyl (C=O) groups excluding carboxylic acids is 1. The number of nitrogens with one attached hydrogen (secondary N) is 2. The highest BCUT2D eigenvalue weighted by molar-refractivity contribution is 5.96. The first kappa shape index (κ1) is 17.0. The fraction of sp³-hybridized carbons (Fsp3) is 0.316. The van der Waals surface area contributed by atoms with Crippen LogP contribution in [0.5, 0.6) is 0 Å². The minimum Gasteiger partial charge on any atom is -0.375 e. The molecule has 0 spiro atoms. The summed E-state index contributed by atoms with van der Waals surface area (Å²) in [6, 6.07) is 14.4. The summed E-state index contributed by atoms with van der Waals surface area (Å²) in [6.45, 7) is 0.481. The molecule has 6 heteroatoms. The first-order valence-electron chi connectivity index (χ1n) is 8.50. The number of amides is 1. The Morgan fingerprint density at radius 2 is 1.84 bits per heavy atom. The molecule has 0 radical (unpaired) electrons. The Morgan fingerprint density at radius 3 is 2.52 bits per heavy atom. The molecule has 1 aliphatic rings. The lowest BCUT2D eigenvalue weighted by Crippen LogP contribution is -2.32. The van der Waals surface area contributed by atoms with Crippen LogP contribution in [-0.2, 0) is 6.54 Å². The van der Waals surface area contributed by atoms with E-state index in [9.17, 15) is 14.9 Å². The lowest BCUT2D eigenvalue weighted by atomic mass is 10.1. The number of hydrogen-bond acceptors (Lipinski definition) is 4. The van der Waals surface area contributed by atoms with Crippen molar-refractivity contribution in [2.45, 2.75) is 38.3 Å². The van der Waals surface area contributed by atoms with Gasteiger partial charge in [-0.1, -0.05) is 43.2 Å². The second-order valence-electron chi connectivity index (χ2n) is 6.28. The van der Waals surface area contributed by atoms with Crippen molar-refractivity contribution in [3.63, 3.8) is 0 Å². The molecule has 1 saturated carbocycles. The van der Waals surface area contributed by atoms with Crippen LogP contribution in [0.3, 0.4) is 0 Å². The van der Waals surface area contributed by atoms with E-state index >= 15 is 0 Å². The summed E-state index contributed by atoms with van der Waals surface area (Å²) >= 11 is 0. The van der Waals surface area contributed by atoms with E-state index in [-0.39, 0.29) is 17.6 Å². The number of benzene rings is 2. The molecule has 2 aromatic carbocycles. The van der Waals surface area contributed by atoms with Crippen molar-refractivity contribution in [1.29, 1.82) is 0 Å². The maximum Gasteiger partial charge on any atom is 0.293 e. The maximum atomic E-state index is 12.3. The average molecular weight is 339 g/mol. The van der Waals surface area contributed by atoms with Gasteiger partial charge in [0, 0.05) is 24.2 Å². The van der Waals surface area contributed by atoms with E-state index in [1.165, 1.54) is 6.07 Å². The zero-order chi connectivity index (χ0) is 17.6. The highest BCUT2D eigenvalue weighted by Crippen LogP contribution is 2.26. The quantitative estimate of drug-likeness (QED) is 0.618. The monoisotopic (exact) mass is 339 g/mol. The molecule has 0 aromatic heterocycles. The van der Waals surface area contributed by atoms with Crippen LogP contribution in [0.2, 0.25) is 0 Å². The molecule has 0 atom stereocenters. The third kappa shape index (κ3) is 4.35. The summed E-state index contributed by atoms with van der Waals surface area (Å²) < 4.78 is 0. The van der Waals surface area contributed by atoms with Crippen LogP contribution in [0.25, 0.3) is 0 Å². The molecule has 0 heterocycles. The van der Waals surface area contributed by atoms with E-state index in [0.717, 1.165) is 31.2 Å². The van der Waals surface area contributed by atoms with Gasteiger partial charge in [-0.3, -0.25) is 14.9 Å². The van der Waals surface area contributed by atoms with Crippen LogP contribution in [0.4, 0.5) is 11.4 Å². The normalized spacial score (nSPS) is 14.2. The predicted molar refractivity (Wildman–Crippen MR) is 96.6 cm³/mol. The Balaban J connectivity index is 1.73. The number of rotatable bonds is 6. The van der Waals surface area contributed by atoms with Gasteiger partial charge in [0.05, 0.1) is 4.92 Å². The molecule has 1 aliphatic carbocycles. The van der Waals surface area contributed by atoms with Gasteiger partial charge < -0.3 is 10.6 Å². The van der Waals surface area contributed by atoms with Crippen LogP contribution in [0.1, 0.15) is 41.6 Å². The molecule has 0 aliphatic heterocycles. The summed E-state index contributed by atoms with van der Waals surface area (Å²) in [5, 5.41) is 17.4. The average Bonchev–Trinajstić information content (AvgIpc) is 3.13. The van der Waals surface area contributed by atoms with Crippen molar-refractivity contribution in [3.8, 4) is 0 Å². The second-order valence-corrected chi connectivity index (χ2v) is 6.28. The van der Waals surface area contributed by atoms with Crippen LogP contribution in [-0.4, -0.2) is 16.9 Å². The molecule has 2 aromatic rings. The number of nitrogens with zero attached hydrogens (tertiary/aromatic N) is 1. The van der Waals surface area contributed by atoms with Crippen molar-refractivity contribution >= 4 is 17.3 Å². The molecule has 0 unspecified atom stereocenters. The summed E-state index contributed by atoms with van der Waals surface area (Å²) in [4.78, 5) is 23.2. The van der Waals surface area contributed by atoms with E-state index in [2.05, 4.69) is 10.6 Å². The lowest BCUT2D eigenvalue weighted by molar-refractivity contribution is -0.384. The lowest BCUT2D eigenvalue weighted by Gasteiger charge is -2.13. The summed E-state index contributed by atoms with van der Waals surface area (Å²) in [7, 11) is 0. The Bertz CT molecular complexity index is 756. The Kier molecular flexibility index (Phi) is 5.28. The molecular formula is C19H21N3O3. The van der Waals surface area contributed by atoms with Gasteiger partial charge in [0.2, 0.25) is 0 Å². The fourth-order valence-corrected chi connectivity index (χ4v) is 3.11. The van der Waals surface area contributed by atoms with Gasteiger partial charge in [-0.15, -0.1) is 0 Å². The number of carbonyl (C=O) groups is 1. The highest BCUT2D eigenvalue weighted by Gasteiger charge is 2.21. The van der Waals surface area contributed by atoms with E-state index in [0.29, 0.717) is 17.8 Å². The maximum absolute atomic E-state index is 12.3. The number of anilines is 1. The molecule has 1 amide bonds. The molecular weight excluding hydrogens is 318 g/mol. The zero-order valence-electron chi connectivity index (χ0n) is 13.9. The Hall–Kier alpha value is -2.89. The first-order valence-corrected chi connectivity index (χ1v) is 8.50. The molecule has 25 heavy (non-hydrogen) atoms. The molecule has 6 nitrogen and oxygen atoms in total. The highest BCUT2D eigenvalue weighted by atomic mass is 16.6. The van der Waals surface area contributed by atoms with Gasteiger partial charge >= 0.3 is 0 Å². The molecule has 2 N–H and O–H groups in total.